The van der Waals surface area contributed by atoms with E-state index in [-0.39, 0.29) is 0 Å². The van der Waals surface area contributed by atoms with Gasteiger partial charge in [0.05, 0.1) is 10.7 Å². The summed E-state index contributed by atoms with van der Waals surface area (Å²) in [6.07, 6.45) is 3.29. The molecule has 1 heterocycles. The summed E-state index contributed by atoms with van der Waals surface area (Å²) in [5.41, 5.74) is 0.970. The highest BCUT2D eigenvalue weighted by Crippen LogP contribution is 2.21. The highest BCUT2D eigenvalue weighted by atomic mass is 127. The number of nitrogens with one attached hydrogen (secondary N) is 1. The van der Waals surface area contributed by atoms with Crippen molar-refractivity contribution in [2.24, 2.45) is 0 Å². The van der Waals surface area contributed by atoms with Gasteiger partial charge in [0, 0.05) is 11.9 Å². The molecule has 0 bridgehead atoms. The number of hydrogen-bond acceptors (Lipinski definition) is 4. The van der Waals surface area contributed by atoms with Gasteiger partial charge in [-0.05, 0) is 46.9 Å². The topological polar surface area (TPSA) is 47.0 Å². The van der Waals surface area contributed by atoms with Gasteiger partial charge in [-0.15, -0.1) is 0 Å². The maximum absolute atomic E-state index is 5.09. The van der Waals surface area contributed by atoms with Gasteiger partial charge in [-0.3, -0.25) is 0 Å². The van der Waals surface area contributed by atoms with E-state index in [1.807, 2.05) is 24.3 Å². The lowest BCUT2D eigenvalue weighted by Crippen LogP contribution is -1.96. The van der Waals surface area contributed by atoms with Crippen molar-refractivity contribution >= 4 is 34.1 Å². The van der Waals surface area contributed by atoms with Crippen LogP contribution in [0.4, 0.5) is 11.5 Å². The molecule has 0 aliphatic rings. The minimum atomic E-state index is 0.806. The van der Waals surface area contributed by atoms with Crippen molar-refractivity contribution in [3.8, 4) is 5.75 Å². The largest absolute Gasteiger partial charge is 0.497 e. The van der Waals surface area contributed by atoms with E-state index in [9.17, 15) is 0 Å². The fourth-order valence-corrected chi connectivity index (χ4v) is 1.65. The summed E-state index contributed by atoms with van der Waals surface area (Å²) >= 11 is 2.19. The molecule has 0 radical (unpaired) electrons. The lowest BCUT2D eigenvalue weighted by atomic mass is 10.3. The van der Waals surface area contributed by atoms with Crippen LogP contribution in [0, 0.1) is 3.57 Å². The fraction of sp³-hybridized carbons (Fsp3) is 0.0909. The maximum atomic E-state index is 5.09. The average molecular weight is 327 g/mol. The second-order valence-corrected chi connectivity index (χ2v) is 4.23. The molecule has 0 fully saturated rings. The Bertz CT molecular complexity index is 473. The molecule has 0 unspecified atom stereocenters. The smallest absolute Gasteiger partial charge is 0.147 e. The number of rotatable bonds is 3. The van der Waals surface area contributed by atoms with E-state index >= 15 is 0 Å². The van der Waals surface area contributed by atoms with Gasteiger partial charge in [0.2, 0.25) is 0 Å². The van der Waals surface area contributed by atoms with Crippen LogP contribution in [0.25, 0.3) is 0 Å². The van der Waals surface area contributed by atoms with Crippen molar-refractivity contribution in [1.82, 2.24) is 9.97 Å². The Morgan fingerprint density at radius 1 is 1.25 bits per heavy atom. The Hall–Kier alpha value is -1.37. The van der Waals surface area contributed by atoms with E-state index < -0.39 is 0 Å². The molecule has 0 spiro atoms. The number of aromatic nitrogens is 2. The molecule has 16 heavy (non-hydrogen) atoms. The zero-order valence-corrected chi connectivity index (χ0v) is 10.8. The second-order valence-electron chi connectivity index (χ2n) is 3.07. The molecule has 2 aromatic rings. The van der Waals surface area contributed by atoms with Gasteiger partial charge in [-0.2, -0.15) is 0 Å². The number of benzene rings is 1. The molecule has 1 aromatic carbocycles. The zero-order valence-electron chi connectivity index (χ0n) is 8.64. The Labute approximate surface area is 107 Å². The van der Waals surface area contributed by atoms with Crippen LogP contribution in [0.2, 0.25) is 0 Å². The minimum Gasteiger partial charge on any atom is -0.497 e. The molecule has 0 saturated carbocycles. The molecule has 0 saturated heterocycles. The maximum Gasteiger partial charge on any atom is 0.147 e. The van der Waals surface area contributed by atoms with E-state index in [1.54, 1.807) is 13.3 Å². The van der Waals surface area contributed by atoms with Crippen molar-refractivity contribution in [3.05, 3.63) is 40.4 Å². The molecule has 0 atom stereocenters. The summed E-state index contributed by atoms with van der Waals surface area (Å²) in [4.78, 5) is 8.09. The van der Waals surface area contributed by atoms with Gasteiger partial charge >= 0.3 is 0 Å². The molecule has 5 heteroatoms. The molecule has 0 aliphatic carbocycles. The van der Waals surface area contributed by atoms with Crippen molar-refractivity contribution in [2.75, 3.05) is 12.4 Å². The SMILES string of the molecule is COc1ccc(Nc2ncncc2I)cc1. The van der Waals surface area contributed by atoms with Gasteiger partial charge in [-0.1, -0.05) is 0 Å². The molecule has 0 aliphatic heterocycles. The zero-order chi connectivity index (χ0) is 11.4. The van der Waals surface area contributed by atoms with Crippen molar-refractivity contribution < 1.29 is 4.74 Å². The Morgan fingerprint density at radius 2 is 2.00 bits per heavy atom. The number of methoxy groups -OCH3 is 1. The first-order valence-corrected chi connectivity index (χ1v) is 5.74. The number of hydrogen-bond donors (Lipinski definition) is 1. The van der Waals surface area contributed by atoms with Crippen LogP contribution in [0.15, 0.2) is 36.8 Å². The Kier molecular flexibility index (Phi) is 3.55. The van der Waals surface area contributed by atoms with Gasteiger partial charge in [0.15, 0.2) is 0 Å². The molecule has 1 N–H and O–H groups in total. The van der Waals surface area contributed by atoms with Gasteiger partial charge < -0.3 is 10.1 Å². The Balaban J connectivity index is 2.18. The minimum absolute atomic E-state index is 0.806. The summed E-state index contributed by atoms with van der Waals surface area (Å²) < 4.78 is 6.07. The van der Waals surface area contributed by atoms with Gasteiger partial charge in [-0.25, -0.2) is 9.97 Å². The van der Waals surface area contributed by atoms with Crippen LogP contribution in [-0.4, -0.2) is 17.1 Å². The third kappa shape index (κ3) is 2.60. The van der Waals surface area contributed by atoms with Crippen molar-refractivity contribution in [2.45, 2.75) is 0 Å². The predicted octanol–water partition coefficient (Wildman–Crippen LogP) is 2.83. The summed E-state index contributed by atoms with van der Waals surface area (Å²) in [5.74, 6) is 1.64. The summed E-state index contributed by atoms with van der Waals surface area (Å²) in [7, 11) is 1.65. The normalized spacial score (nSPS) is 9.88. The number of anilines is 2. The summed E-state index contributed by atoms with van der Waals surface area (Å²) in [5, 5.41) is 3.21. The highest BCUT2D eigenvalue weighted by Gasteiger charge is 2.01. The van der Waals surface area contributed by atoms with E-state index in [0.29, 0.717) is 0 Å². The van der Waals surface area contributed by atoms with Crippen molar-refractivity contribution in [1.29, 1.82) is 0 Å². The molecular weight excluding hydrogens is 317 g/mol. The number of ether oxygens (including phenoxy) is 1. The van der Waals surface area contributed by atoms with E-state index in [1.165, 1.54) is 6.33 Å². The van der Waals surface area contributed by atoms with Crippen molar-refractivity contribution in [3.63, 3.8) is 0 Å². The monoisotopic (exact) mass is 327 g/mol. The number of nitrogens with zero attached hydrogens (tertiary/aromatic N) is 2. The predicted molar refractivity (Wildman–Crippen MR) is 71.0 cm³/mol. The molecule has 82 valence electrons. The first-order chi connectivity index (χ1) is 7.79. The summed E-state index contributed by atoms with van der Waals surface area (Å²) in [6.45, 7) is 0. The van der Waals surface area contributed by atoms with E-state index in [4.69, 9.17) is 4.74 Å². The fourth-order valence-electron chi connectivity index (χ4n) is 1.22. The molecular formula is C11H10IN3O. The standard InChI is InChI=1S/C11H10IN3O/c1-16-9-4-2-8(3-5-9)15-11-10(12)6-13-7-14-11/h2-7H,1H3,(H,13,14,15). The lowest BCUT2D eigenvalue weighted by molar-refractivity contribution is 0.415. The van der Waals surface area contributed by atoms with Crippen LogP contribution < -0.4 is 10.1 Å². The molecule has 1 aromatic heterocycles. The lowest BCUT2D eigenvalue weighted by Gasteiger charge is -2.07. The summed E-state index contributed by atoms with van der Waals surface area (Å²) in [6, 6.07) is 7.68. The van der Waals surface area contributed by atoms with Crippen LogP contribution >= 0.6 is 22.6 Å². The highest BCUT2D eigenvalue weighted by molar-refractivity contribution is 14.1. The quantitative estimate of drug-likeness (QED) is 0.881. The third-order valence-electron chi connectivity index (χ3n) is 2.02. The van der Waals surface area contributed by atoms with E-state index in [2.05, 4.69) is 37.9 Å². The average Bonchev–Trinajstić information content (AvgIpc) is 2.33. The Morgan fingerprint density at radius 3 is 2.62 bits per heavy atom. The second kappa shape index (κ2) is 5.11. The molecule has 2 rings (SSSR count). The molecule has 4 nitrogen and oxygen atoms in total. The van der Waals surface area contributed by atoms with Crippen LogP contribution in [-0.2, 0) is 0 Å². The first-order valence-electron chi connectivity index (χ1n) is 4.66. The van der Waals surface area contributed by atoms with Gasteiger partial charge in [0.25, 0.3) is 0 Å². The van der Waals surface area contributed by atoms with Crippen LogP contribution in [0.1, 0.15) is 0 Å². The van der Waals surface area contributed by atoms with Crippen LogP contribution in [0.3, 0.4) is 0 Å². The third-order valence-corrected chi connectivity index (χ3v) is 2.81. The number of halogens is 1. The first kappa shape index (κ1) is 11.1. The van der Waals surface area contributed by atoms with Gasteiger partial charge in [0.1, 0.15) is 17.9 Å². The van der Waals surface area contributed by atoms with Crippen LogP contribution in [0.5, 0.6) is 5.75 Å². The molecule has 0 amide bonds. The van der Waals surface area contributed by atoms with E-state index in [0.717, 1.165) is 20.8 Å².